The Labute approximate surface area is 57.2 Å². The van der Waals surface area contributed by atoms with E-state index < -0.39 is 0 Å². The van der Waals surface area contributed by atoms with Crippen molar-refractivity contribution < 1.29 is 4.79 Å². The lowest BCUT2D eigenvalue weighted by atomic mass is 10.6. The van der Waals surface area contributed by atoms with E-state index in [-0.39, 0.29) is 5.91 Å². The molecule has 0 unspecified atom stereocenters. The Hall–Kier alpha value is -0.0900. The molecule has 1 saturated heterocycles. The summed E-state index contributed by atoms with van der Waals surface area (Å²) >= 11 is 6.05. The molecule has 43 valence electrons. The summed E-state index contributed by atoms with van der Waals surface area (Å²) in [6, 6.07) is 0. The van der Waals surface area contributed by atoms with Gasteiger partial charge in [0.05, 0.1) is 0 Å². The summed E-state index contributed by atoms with van der Waals surface area (Å²) in [4.78, 5) is 12.0. The number of carbonyl (C=O) groups excluding carboxylic acids is 1. The number of thiocarbonyl (C=S) groups is 1. The molecule has 1 amide bonds. The number of thioether (sulfide) groups is 1. The first-order valence-corrected chi connectivity index (χ1v) is 3.32. The summed E-state index contributed by atoms with van der Waals surface area (Å²) < 4.78 is 0.634. The average molecular weight is 146 g/mol. The SMILES string of the molecule is CN1C(=O)[CH]SC1=S. The summed E-state index contributed by atoms with van der Waals surface area (Å²) in [5.41, 5.74) is 0. The smallest absolute Gasteiger partial charge is 0.243 e. The highest BCUT2D eigenvalue weighted by molar-refractivity contribution is 8.25. The molecule has 1 radical (unpaired) electrons. The van der Waals surface area contributed by atoms with Gasteiger partial charge in [0, 0.05) is 7.05 Å². The summed E-state index contributed by atoms with van der Waals surface area (Å²) in [6.07, 6.45) is 0. The molecular weight excluding hydrogens is 142 g/mol. The van der Waals surface area contributed by atoms with Crippen molar-refractivity contribution in [3.8, 4) is 0 Å². The molecule has 2 nitrogen and oxygen atoms in total. The van der Waals surface area contributed by atoms with Crippen LogP contribution in [0.15, 0.2) is 0 Å². The van der Waals surface area contributed by atoms with Crippen LogP contribution in [-0.4, -0.2) is 22.2 Å². The molecular formula is C4H4NOS2. The van der Waals surface area contributed by atoms with Crippen LogP contribution in [0.3, 0.4) is 0 Å². The highest BCUT2D eigenvalue weighted by Crippen LogP contribution is 2.20. The Kier molecular flexibility index (Phi) is 1.53. The van der Waals surface area contributed by atoms with Crippen molar-refractivity contribution in [1.82, 2.24) is 4.90 Å². The molecule has 1 heterocycles. The van der Waals surface area contributed by atoms with E-state index in [4.69, 9.17) is 12.2 Å². The second kappa shape index (κ2) is 2.03. The van der Waals surface area contributed by atoms with Crippen molar-refractivity contribution in [3.63, 3.8) is 0 Å². The minimum atomic E-state index is -0.0139. The molecule has 0 aromatic carbocycles. The maximum Gasteiger partial charge on any atom is 0.243 e. The lowest BCUT2D eigenvalue weighted by Gasteiger charge is -2.03. The highest BCUT2D eigenvalue weighted by Gasteiger charge is 2.22. The van der Waals surface area contributed by atoms with Gasteiger partial charge in [-0.05, 0) is 0 Å². The van der Waals surface area contributed by atoms with Crippen molar-refractivity contribution in [2.24, 2.45) is 0 Å². The van der Waals surface area contributed by atoms with Crippen LogP contribution in [0.1, 0.15) is 0 Å². The van der Waals surface area contributed by atoms with Crippen LogP contribution in [0.5, 0.6) is 0 Å². The normalized spacial score (nSPS) is 20.4. The van der Waals surface area contributed by atoms with E-state index in [1.807, 2.05) is 0 Å². The number of rotatable bonds is 0. The third-order valence-corrected chi connectivity index (χ3v) is 2.22. The zero-order chi connectivity index (χ0) is 6.15. The third-order valence-electron chi connectivity index (χ3n) is 0.865. The van der Waals surface area contributed by atoms with E-state index in [1.165, 1.54) is 22.4 Å². The summed E-state index contributed by atoms with van der Waals surface area (Å²) in [5.74, 6) is 1.49. The first-order chi connectivity index (χ1) is 3.72. The van der Waals surface area contributed by atoms with Gasteiger partial charge in [-0.3, -0.25) is 9.69 Å². The molecule has 0 aromatic rings. The quantitative estimate of drug-likeness (QED) is 0.468. The predicted molar refractivity (Wildman–Crippen MR) is 37.3 cm³/mol. The van der Waals surface area contributed by atoms with E-state index in [0.717, 1.165) is 0 Å². The lowest BCUT2D eigenvalue weighted by Crippen LogP contribution is -2.21. The van der Waals surface area contributed by atoms with Gasteiger partial charge >= 0.3 is 0 Å². The highest BCUT2D eigenvalue weighted by atomic mass is 32.2. The van der Waals surface area contributed by atoms with Gasteiger partial charge in [-0.1, -0.05) is 24.0 Å². The minimum Gasteiger partial charge on any atom is -0.300 e. The molecule has 0 aromatic heterocycles. The fourth-order valence-electron chi connectivity index (χ4n) is 0.349. The molecule has 1 rings (SSSR count). The molecule has 4 heteroatoms. The van der Waals surface area contributed by atoms with E-state index in [9.17, 15) is 4.79 Å². The predicted octanol–water partition coefficient (Wildman–Crippen LogP) is 0.638. The molecule has 0 saturated carbocycles. The Bertz CT molecular complexity index is 129. The van der Waals surface area contributed by atoms with Gasteiger partial charge in [0.15, 0.2) is 0 Å². The molecule has 1 fully saturated rings. The van der Waals surface area contributed by atoms with E-state index in [0.29, 0.717) is 4.32 Å². The van der Waals surface area contributed by atoms with E-state index in [1.54, 1.807) is 7.05 Å². The van der Waals surface area contributed by atoms with Crippen molar-refractivity contribution in [3.05, 3.63) is 5.75 Å². The molecule has 1 aliphatic heterocycles. The number of carbonyl (C=O) groups is 1. The van der Waals surface area contributed by atoms with Crippen molar-refractivity contribution in [2.45, 2.75) is 0 Å². The maximum atomic E-state index is 10.5. The minimum absolute atomic E-state index is 0.0139. The second-order valence-corrected chi connectivity index (χ2v) is 2.90. The Balaban J connectivity index is 2.70. The van der Waals surface area contributed by atoms with Gasteiger partial charge in [-0.15, -0.1) is 0 Å². The standard InChI is InChI=1S/C4H4NOS2/c1-5-3(6)2-8-4(5)7/h2H,1H3. The molecule has 0 bridgehead atoms. The third kappa shape index (κ3) is 0.855. The summed E-state index contributed by atoms with van der Waals surface area (Å²) in [6.45, 7) is 0. The molecule has 0 aliphatic carbocycles. The summed E-state index contributed by atoms with van der Waals surface area (Å²) in [7, 11) is 1.67. The van der Waals surface area contributed by atoms with Gasteiger partial charge in [0.25, 0.3) is 0 Å². The average Bonchev–Trinajstić information content (AvgIpc) is 1.98. The second-order valence-electron chi connectivity index (χ2n) is 1.40. The van der Waals surface area contributed by atoms with Crippen LogP contribution in [-0.2, 0) is 4.79 Å². The van der Waals surface area contributed by atoms with Gasteiger partial charge in [-0.25, -0.2) is 0 Å². The number of nitrogens with zero attached hydrogens (tertiary/aromatic N) is 1. The molecule has 0 N–H and O–H groups in total. The molecule has 0 spiro atoms. The zero-order valence-electron chi connectivity index (χ0n) is 4.25. The number of amides is 1. The Morgan fingerprint density at radius 3 is 2.62 bits per heavy atom. The summed E-state index contributed by atoms with van der Waals surface area (Å²) in [5, 5.41) is 0. The van der Waals surface area contributed by atoms with Crippen LogP contribution in [0.2, 0.25) is 0 Å². The molecule has 0 atom stereocenters. The Morgan fingerprint density at radius 1 is 1.88 bits per heavy atom. The van der Waals surface area contributed by atoms with Gasteiger partial charge < -0.3 is 0 Å². The molecule has 8 heavy (non-hydrogen) atoms. The fourth-order valence-corrected chi connectivity index (χ4v) is 1.19. The van der Waals surface area contributed by atoms with Gasteiger partial charge in [0.1, 0.15) is 10.1 Å². The largest absolute Gasteiger partial charge is 0.300 e. The van der Waals surface area contributed by atoms with E-state index in [2.05, 4.69) is 0 Å². The topological polar surface area (TPSA) is 20.3 Å². The lowest BCUT2D eigenvalue weighted by molar-refractivity contribution is -0.121. The van der Waals surface area contributed by atoms with Gasteiger partial charge in [0.2, 0.25) is 5.91 Å². The Morgan fingerprint density at radius 2 is 2.50 bits per heavy atom. The maximum absolute atomic E-state index is 10.5. The van der Waals surface area contributed by atoms with Crippen molar-refractivity contribution >= 4 is 34.2 Å². The van der Waals surface area contributed by atoms with Crippen molar-refractivity contribution in [2.75, 3.05) is 7.05 Å². The first kappa shape index (κ1) is 6.04. The number of hydrogen-bond acceptors (Lipinski definition) is 3. The van der Waals surface area contributed by atoms with Crippen LogP contribution < -0.4 is 0 Å². The first-order valence-electron chi connectivity index (χ1n) is 2.03. The van der Waals surface area contributed by atoms with Crippen molar-refractivity contribution in [1.29, 1.82) is 0 Å². The number of hydrogen-bond donors (Lipinski definition) is 0. The fraction of sp³-hybridized carbons (Fsp3) is 0.250. The van der Waals surface area contributed by atoms with Crippen LogP contribution in [0, 0.1) is 5.75 Å². The van der Waals surface area contributed by atoms with Crippen LogP contribution in [0.4, 0.5) is 0 Å². The van der Waals surface area contributed by atoms with E-state index >= 15 is 0 Å². The molecule has 1 aliphatic rings. The van der Waals surface area contributed by atoms with Gasteiger partial charge in [-0.2, -0.15) is 0 Å². The van der Waals surface area contributed by atoms with Crippen LogP contribution in [0.25, 0.3) is 0 Å². The van der Waals surface area contributed by atoms with Crippen LogP contribution >= 0.6 is 24.0 Å². The monoisotopic (exact) mass is 146 g/mol. The zero-order valence-corrected chi connectivity index (χ0v) is 5.88.